The molecule has 0 aliphatic carbocycles. The van der Waals surface area contributed by atoms with E-state index in [1.807, 2.05) is 37.4 Å². The number of hydrogen-bond donors (Lipinski definition) is 2. The van der Waals surface area contributed by atoms with Gasteiger partial charge in [-0.1, -0.05) is 30.4 Å². The van der Waals surface area contributed by atoms with E-state index in [2.05, 4.69) is 16.7 Å². The first-order valence-corrected chi connectivity index (χ1v) is 5.42. The number of benzene rings is 1. The SMILES string of the molecule is CNCCC=Cc1ccccc1NC(C)=O. The van der Waals surface area contributed by atoms with Crippen LogP contribution in [0.15, 0.2) is 30.3 Å². The molecule has 2 N–H and O–H groups in total. The molecule has 0 aliphatic rings. The summed E-state index contributed by atoms with van der Waals surface area (Å²) in [5.41, 5.74) is 1.89. The van der Waals surface area contributed by atoms with E-state index in [9.17, 15) is 4.79 Å². The van der Waals surface area contributed by atoms with Crippen LogP contribution in [0.25, 0.3) is 6.08 Å². The normalized spacial score (nSPS) is 10.6. The van der Waals surface area contributed by atoms with Gasteiger partial charge in [-0.15, -0.1) is 0 Å². The van der Waals surface area contributed by atoms with Gasteiger partial charge in [0.05, 0.1) is 0 Å². The highest BCUT2D eigenvalue weighted by Crippen LogP contribution is 2.16. The van der Waals surface area contributed by atoms with Crippen molar-refractivity contribution in [3.63, 3.8) is 0 Å². The summed E-state index contributed by atoms with van der Waals surface area (Å²) in [5.74, 6) is -0.0453. The lowest BCUT2D eigenvalue weighted by Gasteiger charge is -2.05. The van der Waals surface area contributed by atoms with Crippen LogP contribution in [0, 0.1) is 0 Å². The van der Waals surface area contributed by atoms with Gasteiger partial charge in [0.2, 0.25) is 5.91 Å². The molecular formula is C13H18N2O. The van der Waals surface area contributed by atoms with E-state index in [1.54, 1.807) is 0 Å². The summed E-state index contributed by atoms with van der Waals surface area (Å²) in [6.45, 7) is 2.47. The summed E-state index contributed by atoms with van der Waals surface area (Å²) in [6.07, 6.45) is 5.10. The van der Waals surface area contributed by atoms with E-state index < -0.39 is 0 Å². The highest BCUT2D eigenvalue weighted by molar-refractivity contribution is 5.91. The first kappa shape index (κ1) is 12.5. The van der Waals surface area contributed by atoms with Crippen molar-refractivity contribution in [3.8, 4) is 0 Å². The van der Waals surface area contributed by atoms with Gasteiger partial charge in [-0.05, 0) is 31.6 Å². The first-order valence-electron chi connectivity index (χ1n) is 5.42. The van der Waals surface area contributed by atoms with Crippen LogP contribution in [0.5, 0.6) is 0 Å². The maximum absolute atomic E-state index is 11.0. The molecule has 0 spiro atoms. The molecule has 3 heteroatoms. The van der Waals surface area contributed by atoms with E-state index in [-0.39, 0.29) is 5.91 Å². The van der Waals surface area contributed by atoms with Crippen LogP contribution in [0.4, 0.5) is 5.69 Å². The quantitative estimate of drug-likeness (QED) is 0.744. The van der Waals surface area contributed by atoms with Gasteiger partial charge in [0.1, 0.15) is 0 Å². The summed E-state index contributed by atoms with van der Waals surface area (Å²) in [7, 11) is 1.93. The molecule has 0 aromatic heterocycles. The van der Waals surface area contributed by atoms with Crippen molar-refractivity contribution in [2.45, 2.75) is 13.3 Å². The summed E-state index contributed by atoms with van der Waals surface area (Å²) in [5, 5.41) is 5.89. The molecule has 0 saturated carbocycles. The van der Waals surface area contributed by atoms with E-state index in [0.717, 1.165) is 24.2 Å². The van der Waals surface area contributed by atoms with Gasteiger partial charge in [-0.3, -0.25) is 4.79 Å². The molecule has 0 bridgehead atoms. The predicted octanol–water partition coefficient (Wildman–Crippen LogP) is 2.27. The fourth-order valence-corrected chi connectivity index (χ4v) is 1.38. The Morgan fingerprint density at radius 1 is 1.38 bits per heavy atom. The lowest BCUT2D eigenvalue weighted by Crippen LogP contribution is -2.07. The van der Waals surface area contributed by atoms with E-state index in [1.165, 1.54) is 6.92 Å². The molecule has 0 atom stereocenters. The fourth-order valence-electron chi connectivity index (χ4n) is 1.38. The molecular weight excluding hydrogens is 200 g/mol. The Labute approximate surface area is 96.6 Å². The Kier molecular flexibility index (Phi) is 5.29. The zero-order valence-corrected chi connectivity index (χ0v) is 9.79. The topological polar surface area (TPSA) is 41.1 Å². The molecule has 0 unspecified atom stereocenters. The van der Waals surface area contributed by atoms with Crippen molar-refractivity contribution < 1.29 is 4.79 Å². The van der Waals surface area contributed by atoms with Gasteiger partial charge in [-0.25, -0.2) is 0 Å². The largest absolute Gasteiger partial charge is 0.326 e. The number of hydrogen-bond acceptors (Lipinski definition) is 2. The second-order valence-corrected chi connectivity index (χ2v) is 3.56. The summed E-state index contributed by atoms with van der Waals surface area (Å²) in [4.78, 5) is 11.0. The maximum atomic E-state index is 11.0. The zero-order chi connectivity index (χ0) is 11.8. The molecule has 3 nitrogen and oxygen atoms in total. The Balaban J connectivity index is 2.70. The second-order valence-electron chi connectivity index (χ2n) is 3.56. The number of rotatable bonds is 5. The Morgan fingerprint density at radius 3 is 2.81 bits per heavy atom. The molecule has 86 valence electrons. The third-order valence-corrected chi connectivity index (χ3v) is 2.13. The maximum Gasteiger partial charge on any atom is 0.221 e. The number of carbonyl (C=O) groups excluding carboxylic acids is 1. The van der Waals surface area contributed by atoms with Crippen molar-refractivity contribution in [2.75, 3.05) is 18.9 Å². The molecule has 16 heavy (non-hydrogen) atoms. The smallest absolute Gasteiger partial charge is 0.221 e. The zero-order valence-electron chi connectivity index (χ0n) is 9.79. The van der Waals surface area contributed by atoms with Gasteiger partial charge >= 0.3 is 0 Å². The van der Waals surface area contributed by atoms with Crippen LogP contribution >= 0.6 is 0 Å². The van der Waals surface area contributed by atoms with Gasteiger partial charge in [0, 0.05) is 12.6 Å². The molecule has 1 rings (SSSR count). The van der Waals surface area contributed by atoms with E-state index in [0.29, 0.717) is 0 Å². The van der Waals surface area contributed by atoms with Crippen molar-refractivity contribution in [1.82, 2.24) is 5.32 Å². The average molecular weight is 218 g/mol. The average Bonchev–Trinajstić information content (AvgIpc) is 2.26. The Morgan fingerprint density at radius 2 is 2.12 bits per heavy atom. The highest BCUT2D eigenvalue weighted by atomic mass is 16.1. The monoisotopic (exact) mass is 218 g/mol. The number of carbonyl (C=O) groups is 1. The number of amides is 1. The van der Waals surface area contributed by atoms with Crippen molar-refractivity contribution >= 4 is 17.7 Å². The Bertz CT molecular complexity index is 372. The van der Waals surface area contributed by atoms with Crippen LogP contribution in [0.1, 0.15) is 18.9 Å². The predicted molar refractivity (Wildman–Crippen MR) is 68.3 cm³/mol. The third kappa shape index (κ3) is 4.28. The van der Waals surface area contributed by atoms with Crippen LogP contribution < -0.4 is 10.6 Å². The minimum atomic E-state index is -0.0453. The highest BCUT2D eigenvalue weighted by Gasteiger charge is 1.99. The summed E-state index contributed by atoms with van der Waals surface area (Å²) < 4.78 is 0. The van der Waals surface area contributed by atoms with E-state index >= 15 is 0 Å². The fraction of sp³-hybridized carbons (Fsp3) is 0.308. The molecule has 1 aromatic carbocycles. The van der Waals surface area contributed by atoms with Crippen LogP contribution in [-0.4, -0.2) is 19.5 Å². The summed E-state index contributed by atoms with van der Waals surface area (Å²) in [6, 6.07) is 7.76. The number of nitrogens with one attached hydrogen (secondary N) is 2. The van der Waals surface area contributed by atoms with Gasteiger partial charge in [0.25, 0.3) is 0 Å². The third-order valence-electron chi connectivity index (χ3n) is 2.13. The van der Waals surface area contributed by atoms with Crippen molar-refractivity contribution in [2.24, 2.45) is 0 Å². The van der Waals surface area contributed by atoms with Crippen molar-refractivity contribution in [1.29, 1.82) is 0 Å². The minimum Gasteiger partial charge on any atom is -0.326 e. The number of anilines is 1. The molecule has 1 aromatic rings. The second kappa shape index (κ2) is 6.80. The summed E-state index contributed by atoms with van der Waals surface area (Å²) >= 11 is 0. The lowest BCUT2D eigenvalue weighted by molar-refractivity contribution is -0.114. The molecule has 0 heterocycles. The molecule has 0 radical (unpaired) electrons. The van der Waals surface area contributed by atoms with Gasteiger partial charge in [-0.2, -0.15) is 0 Å². The minimum absolute atomic E-state index is 0.0453. The molecule has 0 aliphatic heterocycles. The van der Waals surface area contributed by atoms with Crippen LogP contribution in [0.2, 0.25) is 0 Å². The molecule has 1 amide bonds. The first-order chi connectivity index (χ1) is 7.74. The molecule has 0 fully saturated rings. The number of para-hydroxylation sites is 1. The van der Waals surface area contributed by atoms with Gasteiger partial charge in [0.15, 0.2) is 0 Å². The Hall–Kier alpha value is -1.61. The standard InChI is InChI=1S/C13H18N2O/c1-11(16)15-13-9-4-3-7-12(13)8-5-6-10-14-2/h3-5,7-9,14H,6,10H2,1-2H3,(H,15,16). The van der Waals surface area contributed by atoms with Crippen molar-refractivity contribution in [3.05, 3.63) is 35.9 Å². The molecule has 0 saturated heterocycles. The van der Waals surface area contributed by atoms with Crippen LogP contribution in [0.3, 0.4) is 0 Å². The van der Waals surface area contributed by atoms with Crippen LogP contribution in [-0.2, 0) is 4.79 Å². The van der Waals surface area contributed by atoms with Gasteiger partial charge < -0.3 is 10.6 Å². The lowest BCUT2D eigenvalue weighted by atomic mass is 10.1. The van der Waals surface area contributed by atoms with E-state index in [4.69, 9.17) is 0 Å².